The Morgan fingerprint density at radius 2 is 1.67 bits per heavy atom. The molecule has 0 aliphatic carbocycles. The van der Waals surface area contributed by atoms with Crippen LogP contribution in [0.4, 0.5) is 5.69 Å². The Bertz CT molecular complexity index is 899. The van der Waals surface area contributed by atoms with Crippen molar-refractivity contribution in [2.45, 2.75) is 6.92 Å². The van der Waals surface area contributed by atoms with Crippen LogP contribution in [0.5, 0.6) is 17.2 Å². The van der Waals surface area contributed by atoms with E-state index in [1.165, 1.54) is 14.2 Å². The van der Waals surface area contributed by atoms with Crippen LogP contribution in [-0.4, -0.2) is 51.8 Å². The number of carbonyl (C=O) groups is 3. The van der Waals surface area contributed by atoms with Crippen LogP contribution in [0.3, 0.4) is 0 Å². The summed E-state index contributed by atoms with van der Waals surface area (Å²) in [6.07, 6.45) is 0. The molecular formula is C21H24N2O7. The lowest BCUT2D eigenvalue weighted by Gasteiger charge is -2.11. The highest BCUT2D eigenvalue weighted by Crippen LogP contribution is 2.29. The van der Waals surface area contributed by atoms with Crippen LogP contribution >= 0.6 is 0 Å². The van der Waals surface area contributed by atoms with E-state index in [4.69, 9.17) is 18.9 Å². The number of amides is 2. The summed E-state index contributed by atoms with van der Waals surface area (Å²) < 4.78 is 20.6. The molecule has 0 bridgehead atoms. The molecule has 2 N–H and O–H groups in total. The van der Waals surface area contributed by atoms with Crippen molar-refractivity contribution in [1.82, 2.24) is 5.32 Å². The standard InChI is InChI=1S/C21H24N2O7/c1-4-29-16-8-6-5-7-15(16)21(26)22-12-20(25)30-13-19(24)23-14-9-10-17(27-2)18(11-14)28-3/h5-11H,4,12-13H2,1-3H3,(H,22,26)(H,23,24). The first-order valence-electron chi connectivity index (χ1n) is 9.16. The first-order valence-corrected chi connectivity index (χ1v) is 9.16. The molecule has 0 heterocycles. The molecule has 0 fully saturated rings. The normalized spacial score (nSPS) is 9.97. The molecular weight excluding hydrogens is 392 g/mol. The third kappa shape index (κ3) is 6.40. The molecule has 2 aromatic rings. The Kier molecular flexibility index (Phi) is 8.49. The summed E-state index contributed by atoms with van der Waals surface area (Å²) in [6, 6.07) is 11.5. The molecule has 2 amide bonds. The first kappa shape index (κ1) is 22.5. The molecule has 0 atom stereocenters. The van der Waals surface area contributed by atoms with Gasteiger partial charge in [0.05, 0.1) is 26.4 Å². The van der Waals surface area contributed by atoms with Crippen molar-refractivity contribution < 1.29 is 33.3 Å². The summed E-state index contributed by atoms with van der Waals surface area (Å²) in [5.74, 6) is -0.389. The second-order valence-corrected chi connectivity index (χ2v) is 5.89. The number of hydrogen-bond acceptors (Lipinski definition) is 7. The minimum Gasteiger partial charge on any atom is -0.493 e. The maximum atomic E-state index is 12.2. The van der Waals surface area contributed by atoms with E-state index >= 15 is 0 Å². The molecule has 0 saturated carbocycles. The zero-order valence-electron chi connectivity index (χ0n) is 17.0. The van der Waals surface area contributed by atoms with Gasteiger partial charge in [-0.1, -0.05) is 12.1 Å². The van der Waals surface area contributed by atoms with Crippen LogP contribution in [0, 0.1) is 0 Å². The quantitative estimate of drug-likeness (QED) is 0.570. The van der Waals surface area contributed by atoms with Gasteiger partial charge in [-0.3, -0.25) is 14.4 Å². The van der Waals surface area contributed by atoms with Crippen molar-refractivity contribution in [3.8, 4) is 17.2 Å². The molecule has 0 spiro atoms. The number of carbonyl (C=O) groups excluding carboxylic acids is 3. The molecule has 2 aromatic carbocycles. The van der Waals surface area contributed by atoms with Gasteiger partial charge in [0, 0.05) is 11.8 Å². The monoisotopic (exact) mass is 416 g/mol. The number of esters is 1. The van der Waals surface area contributed by atoms with Crippen molar-refractivity contribution >= 4 is 23.5 Å². The smallest absolute Gasteiger partial charge is 0.325 e. The van der Waals surface area contributed by atoms with Crippen molar-refractivity contribution in [1.29, 1.82) is 0 Å². The molecule has 0 saturated heterocycles. The fourth-order valence-corrected chi connectivity index (χ4v) is 2.49. The van der Waals surface area contributed by atoms with Gasteiger partial charge in [0.25, 0.3) is 11.8 Å². The highest BCUT2D eigenvalue weighted by Gasteiger charge is 2.14. The molecule has 0 unspecified atom stereocenters. The maximum Gasteiger partial charge on any atom is 0.325 e. The number of para-hydroxylation sites is 1. The SMILES string of the molecule is CCOc1ccccc1C(=O)NCC(=O)OCC(=O)Nc1ccc(OC)c(OC)c1. The van der Waals surface area contributed by atoms with E-state index in [-0.39, 0.29) is 6.54 Å². The average molecular weight is 416 g/mol. The Hall–Kier alpha value is -3.75. The fraction of sp³-hybridized carbons (Fsp3) is 0.286. The fourth-order valence-electron chi connectivity index (χ4n) is 2.49. The van der Waals surface area contributed by atoms with Gasteiger partial charge in [-0.15, -0.1) is 0 Å². The molecule has 9 nitrogen and oxygen atoms in total. The van der Waals surface area contributed by atoms with E-state index in [9.17, 15) is 14.4 Å². The Labute approximate surface area is 174 Å². The van der Waals surface area contributed by atoms with Gasteiger partial charge in [-0.25, -0.2) is 0 Å². The number of rotatable bonds is 10. The minimum atomic E-state index is -0.750. The van der Waals surface area contributed by atoms with Crippen LogP contribution in [0.1, 0.15) is 17.3 Å². The van der Waals surface area contributed by atoms with Crippen molar-refractivity contribution in [3.05, 3.63) is 48.0 Å². The highest BCUT2D eigenvalue weighted by atomic mass is 16.5. The first-order chi connectivity index (χ1) is 14.5. The second kappa shape index (κ2) is 11.3. The zero-order valence-corrected chi connectivity index (χ0v) is 17.0. The van der Waals surface area contributed by atoms with E-state index < -0.39 is 24.4 Å². The van der Waals surface area contributed by atoms with Gasteiger partial charge in [0.15, 0.2) is 18.1 Å². The van der Waals surface area contributed by atoms with Crippen LogP contribution < -0.4 is 24.8 Å². The van der Waals surface area contributed by atoms with Crippen LogP contribution in [0.25, 0.3) is 0 Å². The predicted octanol–water partition coefficient (Wildman–Crippen LogP) is 2.01. The summed E-state index contributed by atoms with van der Waals surface area (Å²) in [5.41, 5.74) is 0.757. The topological polar surface area (TPSA) is 112 Å². The summed E-state index contributed by atoms with van der Waals surface area (Å²) in [4.78, 5) is 36.1. The van der Waals surface area contributed by atoms with Crippen molar-refractivity contribution in [3.63, 3.8) is 0 Å². The van der Waals surface area contributed by atoms with Crippen LogP contribution in [0.15, 0.2) is 42.5 Å². The summed E-state index contributed by atoms with van der Waals surface area (Å²) >= 11 is 0. The Morgan fingerprint density at radius 3 is 2.37 bits per heavy atom. The van der Waals surface area contributed by atoms with Gasteiger partial charge in [0.1, 0.15) is 12.3 Å². The minimum absolute atomic E-state index is 0.304. The lowest BCUT2D eigenvalue weighted by Crippen LogP contribution is -2.32. The largest absolute Gasteiger partial charge is 0.493 e. The van der Waals surface area contributed by atoms with E-state index in [1.54, 1.807) is 49.4 Å². The molecule has 0 radical (unpaired) electrons. The van der Waals surface area contributed by atoms with E-state index in [2.05, 4.69) is 10.6 Å². The molecule has 160 valence electrons. The third-order valence-corrected chi connectivity index (χ3v) is 3.86. The van der Waals surface area contributed by atoms with E-state index in [1.807, 2.05) is 0 Å². The molecule has 0 aliphatic rings. The molecule has 0 aliphatic heterocycles. The second-order valence-electron chi connectivity index (χ2n) is 5.89. The lowest BCUT2D eigenvalue weighted by molar-refractivity contribution is -0.146. The Morgan fingerprint density at radius 1 is 0.933 bits per heavy atom. The van der Waals surface area contributed by atoms with Gasteiger partial charge in [-0.05, 0) is 31.2 Å². The van der Waals surface area contributed by atoms with E-state index in [0.717, 1.165) is 0 Å². The van der Waals surface area contributed by atoms with Crippen LogP contribution in [0.2, 0.25) is 0 Å². The number of ether oxygens (including phenoxy) is 4. The summed E-state index contributed by atoms with van der Waals surface area (Å²) in [7, 11) is 2.98. The van der Waals surface area contributed by atoms with Crippen LogP contribution in [-0.2, 0) is 14.3 Å². The average Bonchev–Trinajstić information content (AvgIpc) is 2.76. The maximum absolute atomic E-state index is 12.2. The Balaban J connectivity index is 1.80. The highest BCUT2D eigenvalue weighted by molar-refractivity contribution is 5.98. The summed E-state index contributed by atoms with van der Waals surface area (Å²) in [6.45, 7) is 1.32. The number of benzene rings is 2. The van der Waals surface area contributed by atoms with Gasteiger partial charge in [0.2, 0.25) is 0 Å². The number of hydrogen-bond donors (Lipinski definition) is 2. The molecule has 9 heteroatoms. The third-order valence-electron chi connectivity index (χ3n) is 3.86. The zero-order chi connectivity index (χ0) is 21.9. The molecule has 30 heavy (non-hydrogen) atoms. The van der Waals surface area contributed by atoms with Gasteiger partial charge < -0.3 is 29.6 Å². The van der Waals surface area contributed by atoms with Gasteiger partial charge in [-0.2, -0.15) is 0 Å². The van der Waals surface area contributed by atoms with E-state index in [0.29, 0.717) is 35.1 Å². The molecule has 0 aromatic heterocycles. The summed E-state index contributed by atoms with van der Waals surface area (Å²) in [5, 5.41) is 5.02. The lowest BCUT2D eigenvalue weighted by atomic mass is 10.2. The molecule has 2 rings (SSSR count). The van der Waals surface area contributed by atoms with Gasteiger partial charge >= 0.3 is 5.97 Å². The van der Waals surface area contributed by atoms with Crippen molar-refractivity contribution in [2.75, 3.05) is 39.3 Å². The predicted molar refractivity (Wildman–Crippen MR) is 109 cm³/mol. The number of methoxy groups -OCH3 is 2. The number of nitrogens with one attached hydrogen (secondary N) is 2. The van der Waals surface area contributed by atoms with Crippen molar-refractivity contribution in [2.24, 2.45) is 0 Å². The number of anilines is 1.